The summed E-state index contributed by atoms with van der Waals surface area (Å²) in [5.74, 6) is -2.66. The number of hydrogen-bond donors (Lipinski definition) is 2. The Morgan fingerprint density at radius 2 is 1.96 bits per heavy atom. The van der Waals surface area contributed by atoms with Gasteiger partial charge in [0.05, 0.1) is 10.5 Å². The van der Waals surface area contributed by atoms with Gasteiger partial charge in [0, 0.05) is 0 Å². The van der Waals surface area contributed by atoms with E-state index in [1.54, 1.807) is 24.3 Å². The van der Waals surface area contributed by atoms with Crippen LogP contribution in [0.2, 0.25) is 0 Å². The maximum Gasteiger partial charge on any atom is 0.336 e. The molecular formula is C15H11NO5S2. The lowest BCUT2D eigenvalue weighted by Crippen LogP contribution is -2.33. The van der Waals surface area contributed by atoms with Crippen molar-refractivity contribution < 1.29 is 24.6 Å². The van der Waals surface area contributed by atoms with Gasteiger partial charge in [-0.1, -0.05) is 54.3 Å². The van der Waals surface area contributed by atoms with Crippen molar-refractivity contribution in [2.45, 2.75) is 0 Å². The van der Waals surface area contributed by atoms with Crippen molar-refractivity contribution >= 4 is 52.2 Å². The van der Waals surface area contributed by atoms with E-state index in [2.05, 4.69) is 0 Å². The van der Waals surface area contributed by atoms with Gasteiger partial charge in [0.2, 0.25) is 0 Å². The molecule has 6 nitrogen and oxygen atoms in total. The van der Waals surface area contributed by atoms with Gasteiger partial charge in [0.25, 0.3) is 5.91 Å². The van der Waals surface area contributed by atoms with Gasteiger partial charge in [0.15, 0.2) is 0 Å². The Balaban J connectivity index is 2.18. The first-order chi connectivity index (χ1) is 10.9. The molecular weight excluding hydrogens is 338 g/mol. The molecule has 0 saturated carbocycles. The third-order valence-electron chi connectivity index (χ3n) is 2.88. The van der Waals surface area contributed by atoms with E-state index in [-0.39, 0.29) is 9.88 Å². The number of carbonyl (C=O) groups excluding carboxylic acids is 1. The van der Waals surface area contributed by atoms with Gasteiger partial charge in [-0.15, -0.1) is 0 Å². The van der Waals surface area contributed by atoms with Crippen LogP contribution < -0.4 is 0 Å². The Kier molecular flexibility index (Phi) is 5.30. The number of nitrogens with zero attached hydrogens (tertiary/aromatic N) is 1. The Morgan fingerprint density at radius 3 is 2.61 bits per heavy atom. The lowest BCUT2D eigenvalue weighted by Gasteiger charge is -2.09. The minimum Gasteiger partial charge on any atom is -0.480 e. The summed E-state index contributed by atoms with van der Waals surface area (Å²) in [6.07, 6.45) is 4.59. The van der Waals surface area contributed by atoms with E-state index >= 15 is 0 Å². The summed E-state index contributed by atoms with van der Waals surface area (Å²) >= 11 is 5.98. The Bertz CT molecular complexity index is 754. The molecule has 1 amide bonds. The van der Waals surface area contributed by atoms with Crippen molar-refractivity contribution in [3.63, 3.8) is 0 Å². The number of amides is 1. The van der Waals surface area contributed by atoms with Gasteiger partial charge < -0.3 is 10.2 Å². The quantitative estimate of drug-likeness (QED) is 0.622. The molecule has 0 bridgehead atoms. The number of hydrogen-bond acceptors (Lipinski definition) is 5. The molecule has 1 aliphatic rings. The van der Waals surface area contributed by atoms with E-state index < -0.39 is 24.4 Å². The Labute approximate surface area is 141 Å². The summed E-state index contributed by atoms with van der Waals surface area (Å²) in [4.78, 5) is 35.1. The minimum atomic E-state index is -1.14. The van der Waals surface area contributed by atoms with Crippen molar-refractivity contribution in [3.8, 4) is 0 Å². The van der Waals surface area contributed by atoms with E-state index in [1.165, 1.54) is 18.2 Å². The Morgan fingerprint density at radius 1 is 1.26 bits per heavy atom. The molecule has 1 aromatic rings. The molecule has 0 aromatic heterocycles. The van der Waals surface area contributed by atoms with Crippen LogP contribution in [0, 0.1) is 0 Å². The number of carbonyl (C=O) groups is 3. The van der Waals surface area contributed by atoms with Crippen LogP contribution in [0.1, 0.15) is 15.9 Å². The van der Waals surface area contributed by atoms with Gasteiger partial charge in [-0.3, -0.25) is 14.5 Å². The van der Waals surface area contributed by atoms with Crippen LogP contribution >= 0.6 is 24.0 Å². The maximum atomic E-state index is 12.0. The van der Waals surface area contributed by atoms with Crippen molar-refractivity contribution in [2.24, 2.45) is 0 Å². The second-order valence-electron chi connectivity index (χ2n) is 4.44. The lowest BCUT2D eigenvalue weighted by atomic mass is 10.1. The molecule has 0 aliphatic carbocycles. The van der Waals surface area contributed by atoms with Crippen molar-refractivity contribution in [1.82, 2.24) is 4.90 Å². The summed E-state index contributed by atoms with van der Waals surface area (Å²) in [7, 11) is 0. The number of thiocarbonyl (C=S) groups is 1. The molecule has 1 aromatic carbocycles. The molecule has 8 heteroatoms. The molecule has 1 aliphatic heterocycles. The lowest BCUT2D eigenvalue weighted by molar-refractivity contribution is -0.140. The van der Waals surface area contributed by atoms with Crippen molar-refractivity contribution in [1.29, 1.82) is 0 Å². The van der Waals surface area contributed by atoms with E-state index in [1.807, 2.05) is 0 Å². The number of carboxylic acids is 2. The normalized spacial score (nSPS) is 16.5. The van der Waals surface area contributed by atoms with E-state index in [0.29, 0.717) is 10.5 Å². The average Bonchev–Trinajstić information content (AvgIpc) is 2.75. The summed E-state index contributed by atoms with van der Waals surface area (Å²) in [6, 6.07) is 6.45. The summed E-state index contributed by atoms with van der Waals surface area (Å²) in [5, 5.41) is 17.8. The number of benzene rings is 1. The fourth-order valence-electron chi connectivity index (χ4n) is 1.86. The highest BCUT2D eigenvalue weighted by atomic mass is 32.2. The number of aliphatic carboxylic acids is 1. The smallest absolute Gasteiger partial charge is 0.336 e. The van der Waals surface area contributed by atoms with Gasteiger partial charge in [-0.2, -0.15) is 0 Å². The zero-order chi connectivity index (χ0) is 17.0. The fourth-order valence-corrected chi connectivity index (χ4v) is 3.07. The summed E-state index contributed by atoms with van der Waals surface area (Å²) in [5.41, 5.74) is 0.646. The molecule has 118 valence electrons. The zero-order valence-corrected chi connectivity index (χ0v) is 13.3. The fraction of sp³-hybridized carbons (Fsp3) is 0.0667. The van der Waals surface area contributed by atoms with E-state index in [9.17, 15) is 14.4 Å². The molecule has 0 radical (unpaired) electrons. The van der Waals surface area contributed by atoms with Gasteiger partial charge in [-0.25, -0.2) is 4.79 Å². The van der Waals surface area contributed by atoms with Crippen LogP contribution in [0.25, 0.3) is 6.08 Å². The Hall–Kier alpha value is -2.45. The highest BCUT2D eigenvalue weighted by Gasteiger charge is 2.32. The first-order valence-electron chi connectivity index (χ1n) is 6.36. The number of rotatable bonds is 5. The van der Waals surface area contributed by atoms with Crippen LogP contribution in [0.3, 0.4) is 0 Å². The topological polar surface area (TPSA) is 94.9 Å². The third kappa shape index (κ3) is 4.05. The van der Waals surface area contributed by atoms with Crippen molar-refractivity contribution in [3.05, 3.63) is 52.4 Å². The number of carboxylic acid groups (broad SMARTS) is 2. The molecule has 1 heterocycles. The highest BCUT2D eigenvalue weighted by molar-refractivity contribution is 8.26. The number of thioether (sulfide) groups is 1. The monoisotopic (exact) mass is 349 g/mol. The predicted octanol–water partition coefficient (Wildman–Crippen LogP) is 2.23. The maximum absolute atomic E-state index is 12.0. The summed E-state index contributed by atoms with van der Waals surface area (Å²) in [6.45, 7) is -0.479. The van der Waals surface area contributed by atoms with Crippen LogP contribution in [0.4, 0.5) is 0 Å². The van der Waals surface area contributed by atoms with Crippen LogP contribution in [0.5, 0.6) is 0 Å². The van der Waals surface area contributed by atoms with E-state index in [4.69, 9.17) is 22.4 Å². The third-order valence-corrected chi connectivity index (χ3v) is 4.28. The molecule has 2 N–H and O–H groups in total. The SMILES string of the molecule is O=C(O)CN1C(=O)C(=CC=Cc2ccccc2C(=O)O)SC1=S. The molecule has 0 spiro atoms. The second kappa shape index (κ2) is 7.21. The zero-order valence-electron chi connectivity index (χ0n) is 11.6. The van der Waals surface area contributed by atoms with Gasteiger partial charge in [-0.05, 0) is 17.7 Å². The first kappa shape index (κ1) is 16.9. The minimum absolute atomic E-state index is 0.149. The van der Waals surface area contributed by atoms with Crippen LogP contribution in [-0.2, 0) is 9.59 Å². The van der Waals surface area contributed by atoms with Crippen LogP contribution in [-0.4, -0.2) is 43.8 Å². The highest BCUT2D eigenvalue weighted by Crippen LogP contribution is 2.30. The standard InChI is InChI=1S/C15H11NO5S2/c17-12(18)8-16-13(19)11(23-15(16)22)7-3-5-9-4-1-2-6-10(9)14(20)21/h1-7H,8H2,(H,17,18)(H,20,21). The molecule has 0 unspecified atom stereocenters. The van der Waals surface area contributed by atoms with Crippen molar-refractivity contribution in [2.75, 3.05) is 6.54 Å². The summed E-state index contributed by atoms with van der Waals surface area (Å²) < 4.78 is 0.183. The molecule has 2 rings (SSSR count). The predicted molar refractivity (Wildman–Crippen MR) is 90.1 cm³/mol. The number of aromatic carboxylic acids is 1. The van der Waals surface area contributed by atoms with Gasteiger partial charge >= 0.3 is 11.9 Å². The first-order valence-corrected chi connectivity index (χ1v) is 7.59. The molecule has 0 atom stereocenters. The molecule has 1 fully saturated rings. The molecule has 1 saturated heterocycles. The van der Waals surface area contributed by atoms with Crippen LogP contribution in [0.15, 0.2) is 41.3 Å². The number of allylic oxidation sites excluding steroid dienone is 2. The molecule has 23 heavy (non-hydrogen) atoms. The van der Waals surface area contributed by atoms with Gasteiger partial charge in [0.1, 0.15) is 10.9 Å². The second-order valence-corrected chi connectivity index (χ2v) is 6.11. The van der Waals surface area contributed by atoms with E-state index in [0.717, 1.165) is 16.7 Å². The average molecular weight is 349 g/mol. The largest absolute Gasteiger partial charge is 0.480 e.